The first-order valence-electron chi connectivity index (χ1n) is 8.98. The molecule has 3 heterocycles. The minimum atomic E-state index is -0.349. The van der Waals surface area contributed by atoms with Crippen LogP contribution in [0, 0.1) is 5.41 Å². The molecule has 0 amide bonds. The highest BCUT2D eigenvalue weighted by molar-refractivity contribution is 5.70. The number of nitrogens with two attached hydrogens (primary N) is 1. The van der Waals surface area contributed by atoms with Crippen molar-refractivity contribution in [3.63, 3.8) is 0 Å². The first-order valence-corrected chi connectivity index (χ1v) is 8.98. The smallest absolute Gasteiger partial charge is 0.280 e. The number of ether oxygens (including phenoxy) is 2. The largest absolute Gasteiger partial charge is 0.370 e. The summed E-state index contributed by atoms with van der Waals surface area (Å²) in [7, 11) is 0. The lowest BCUT2D eigenvalue weighted by Gasteiger charge is -2.31. The summed E-state index contributed by atoms with van der Waals surface area (Å²) in [5.41, 5.74) is 5.88. The Morgan fingerprint density at radius 3 is 2.65 bits per heavy atom. The van der Waals surface area contributed by atoms with E-state index in [0.717, 1.165) is 6.42 Å². The monoisotopic (exact) mass is 363 g/mol. The van der Waals surface area contributed by atoms with Crippen molar-refractivity contribution in [2.75, 3.05) is 5.73 Å². The Kier molecular flexibility index (Phi) is 4.60. The number of hydrogen-bond donors (Lipinski definition) is 2. The van der Waals surface area contributed by atoms with Gasteiger partial charge in [0.15, 0.2) is 11.2 Å². The van der Waals surface area contributed by atoms with Crippen LogP contribution in [0.15, 0.2) is 11.1 Å². The Balaban J connectivity index is 1.93. The summed E-state index contributed by atoms with van der Waals surface area (Å²) >= 11 is 0. The van der Waals surface area contributed by atoms with Crippen molar-refractivity contribution < 1.29 is 9.47 Å². The number of nitrogens with one attached hydrogen (secondary N) is 1. The van der Waals surface area contributed by atoms with Gasteiger partial charge in [-0.3, -0.25) is 14.3 Å². The molecule has 0 spiro atoms. The van der Waals surface area contributed by atoms with Gasteiger partial charge in [0, 0.05) is 6.42 Å². The third kappa shape index (κ3) is 4.07. The molecule has 0 bridgehead atoms. The van der Waals surface area contributed by atoms with Crippen LogP contribution in [-0.4, -0.2) is 37.3 Å². The van der Waals surface area contributed by atoms with Gasteiger partial charge in [-0.05, 0) is 32.6 Å². The highest BCUT2D eigenvalue weighted by atomic mass is 16.6. The van der Waals surface area contributed by atoms with Gasteiger partial charge < -0.3 is 15.2 Å². The molecule has 3 N–H and O–H groups in total. The fraction of sp³-hybridized carbons (Fsp3) is 0.722. The zero-order chi connectivity index (χ0) is 19.3. The summed E-state index contributed by atoms with van der Waals surface area (Å²) in [4.78, 5) is 22.9. The van der Waals surface area contributed by atoms with Gasteiger partial charge in [-0.25, -0.2) is 4.98 Å². The molecular weight excluding hydrogens is 334 g/mol. The number of imidazole rings is 1. The van der Waals surface area contributed by atoms with Gasteiger partial charge >= 0.3 is 0 Å². The molecule has 1 saturated heterocycles. The number of aromatic amines is 1. The Hall–Kier alpha value is -1.93. The van der Waals surface area contributed by atoms with Crippen LogP contribution in [-0.2, 0) is 9.47 Å². The second-order valence-electron chi connectivity index (χ2n) is 9.17. The molecule has 1 aliphatic rings. The van der Waals surface area contributed by atoms with Gasteiger partial charge in [0.1, 0.15) is 6.23 Å². The van der Waals surface area contributed by atoms with E-state index in [-0.39, 0.29) is 46.5 Å². The molecular formula is C18H29N5O3. The van der Waals surface area contributed by atoms with Crippen LogP contribution in [0.1, 0.15) is 60.6 Å². The van der Waals surface area contributed by atoms with E-state index >= 15 is 0 Å². The van der Waals surface area contributed by atoms with Gasteiger partial charge in [-0.2, -0.15) is 4.98 Å². The maximum Gasteiger partial charge on any atom is 0.280 e. The number of anilines is 1. The van der Waals surface area contributed by atoms with Crippen LogP contribution in [0.3, 0.4) is 0 Å². The van der Waals surface area contributed by atoms with E-state index in [1.165, 1.54) is 0 Å². The Bertz CT molecular complexity index is 819. The second-order valence-corrected chi connectivity index (χ2v) is 9.17. The Morgan fingerprint density at radius 2 is 2.04 bits per heavy atom. The molecule has 0 saturated carbocycles. The predicted octanol–water partition coefficient (Wildman–Crippen LogP) is 2.61. The fourth-order valence-corrected chi connectivity index (χ4v) is 3.39. The number of fused-ring (bicyclic) bond motifs is 1. The molecule has 3 atom stereocenters. The van der Waals surface area contributed by atoms with Gasteiger partial charge in [-0.1, -0.05) is 20.8 Å². The van der Waals surface area contributed by atoms with E-state index in [1.807, 2.05) is 20.8 Å². The van der Waals surface area contributed by atoms with Gasteiger partial charge in [0.2, 0.25) is 5.95 Å². The van der Waals surface area contributed by atoms with Gasteiger partial charge in [-0.15, -0.1) is 0 Å². The number of H-pyrrole nitrogens is 1. The van der Waals surface area contributed by atoms with Crippen LogP contribution in [0.2, 0.25) is 0 Å². The van der Waals surface area contributed by atoms with E-state index in [2.05, 4.69) is 35.7 Å². The Morgan fingerprint density at radius 1 is 1.35 bits per heavy atom. The van der Waals surface area contributed by atoms with Crippen molar-refractivity contribution in [2.24, 2.45) is 5.41 Å². The van der Waals surface area contributed by atoms with E-state index in [0.29, 0.717) is 12.1 Å². The molecule has 1 aliphatic heterocycles. The lowest BCUT2D eigenvalue weighted by atomic mass is 9.87. The molecule has 2 aromatic heterocycles. The zero-order valence-electron chi connectivity index (χ0n) is 16.4. The van der Waals surface area contributed by atoms with Crippen LogP contribution >= 0.6 is 0 Å². The second kappa shape index (κ2) is 6.35. The van der Waals surface area contributed by atoms with Crippen molar-refractivity contribution in [1.29, 1.82) is 0 Å². The lowest BCUT2D eigenvalue weighted by molar-refractivity contribution is -0.102. The molecule has 144 valence electrons. The number of nitrogens with zero attached hydrogens (tertiary/aromatic N) is 3. The number of hydrogen-bond acceptors (Lipinski definition) is 6. The van der Waals surface area contributed by atoms with E-state index in [9.17, 15) is 4.79 Å². The number of aromatic nitrogens is 4. The summed E-state index contributed by atoms with van der Waals surface area (Å²) in [5, 5.41) is 0. The highest BCUT2D eigenvalue weighted by Gasteiger charge is 2.41. The third-order valence-electron chi connectivity index (χ3n) is 4.26. The molecule has 8 nitrogen and oxygen atoms in total. The maximum atomic E-state index is 12.0. The fourth-order valence-electron chi connectivity index (χ4n) is 3.39. The topological polar surface area (TPSA) is 108 Å². The molecule has 2 aromatic rings. The van der Waals surface area contributed by atoms with Gasteiger partial charge in [0.05, 0.1) is 24.1 Å². The summed E-state index contributed by atoms with van der Waals surface area (Å²) in [6.07, 6.45) is 2.73. The van der Waals surface area contributed by atoms with Crippen LogP contribution < -0.4 is 11.3 Å². The average Bonchev–Trinajstić information content (AvgIpc) is 3.00. The molecule has 3 rings (SSSR count). The molecule has 0 aliphatic carbocycles. The summed E-state index contributed by atoms with van der Waals surface area (Å²) in [6.45, 7) is 12.7. The quantitative estimate of drug-likeness (QED) is 0.868. The SMILES string of the molecule is CC(C)(C)C[C@H]1O[C@@H](n2cnc3c(=O)[nH]c(N)nc32)C[C@H]1OC(C)(C)C. The maximum absolute atomic E-state index is 12.0. The molecule has 0 unspecified atom stereocenters. The summed E-state index contributed by atoms with van der Waals surface area (Å²) in [6, 6.07) is 0. The van der Waals surface area contributed by atoms with Crippen molar-refractivity contribution in [3.8, 4) is 0 Å². The standard InChI is InChI=1S/C18H29N5O3/c1-17(2,3)8-11-10(26-18(4,5)6)7-12(25-11)23-9-20-13-14(23)21-16(19)22-15(13)24/h9-12H,7-8H2,1-6H3,(H3,19,21,22,24)/t10-,11-,12-/m1/s1. The van der Waals surface area contributed by atoms with Crippen molar-refractivity contribution in [3.05, 3.63) is 16.7 Å². The number of nitrogen functional groups attached to an aromatic ring is 1. The first-order chi connectivity index (χ1) is 11.9. The van der Waals surface area contributed by atoms with Crippen molar-refractivity contribution in [1.82, 2.24) is 19.5 Å². The minimum absolute atomic E-state index is 0.0454. The van der Waals surface area contributed by atoms with E-state index < -0.39 is 0 Å². The normalized spacial score (nSPS) is 24.5. The van der Waals surface area contributed by atoms with E-state index in [1.54, 1.807) is 10.9 Å². The Labute approximate surface area is 153 Å². The van der Waals surface area contributed by atoms with Crippen LogP contribution in [0.25, 0.3) is 11.2 Å². The summed E-state index contributed by atoms with van der Waals surface area (Å²) < 4.78 is 14.4. The first kappa shape index (κ1) is 18.8. The summed E-state index contributed by atoms with van der Waals surface area (Å²) in [5.74, 6) is 0.0657. The average molecular weight is 363 g/mol. The van der Waals surface area contributed by atoms with Crippen LogP contribution in [0.4, 0.5) is 5.95 Å². The molecule has 1 fully saturated rings. The third-order valence-corrected chi connectivity index (χ3v) is 4.26. The lowest BCUT2D eigenvalue weighted by Crippen LogP contribution is -2.35. The van der Waals surface area contributed by atoms with Gasteiger partial charge in [0.25, 0.3) is 5.56 Å². The van der Waals surface area contributed by atoms with Crippen molar-refractivity contribution in [2.45, 2.75) is 78.4 Å². The van der Waals surface area contributed by atoms with E-state index in [4.69, 9.17) is 15.2 Å². The predicted molar refractivity (Wildman–Crippen MR) is 99.8 cm³/mol. The zero-order valence-corrected chi connectivity index (χ0v) is 16.4. The molecule has 0 radical (unpaired) electrons. The molecule has 8 heteroatoms. The highest BCUT2D eigenvalue weighted by Crippen LogP contribution is 2.39. The number of rotatable bonds is 3. The molecule has 0 aromatic carbocycles. The minimum Gasteiger partial charge on any atom is -0.370 e. The molecule has 26 heavy (non-hydrogen) atoms. The van der Waals surface area contributed by atoms with Crippen molar-refractivity contribution >= 4 is 17.1 Å². The van der Waals surface area contributed by atoms with Crippen LogP contribution in [0.5, 0.6) is 0 Å².